The Bertz CT molecular complexity index is 566. The zero-order valence-corrected chi connectivity index (χ0v) is 11.6. The lowest BCUT2D eigenvalue weighted by atomic mass is 10.1. The first-order valence-electron chi connectivity index (χ1n) is 7.02. The van der Waals surface area contributed by atoms with Gasteiger partial charge in [0.25, 0.3) is 5.95 Å². The second-order valence-electron chi connectivity index (χ2n) is 5.14. The molecule has 3 heterocycles. The Hall–Kier alpha value is -2.18. The number of rotatable bonds is 2. The number of aromatic nitrogens is 5. The van der Waals surface area contributed by atoms with Gasteiger partial charge in [-0.25, -0.2) is 4.68 Å². The number of nitrogens with zero attached hydrogens (tertiary/aromatic N) is 6. The molecule has 0 aliphatic carbocycles. The Morgan fingerprint density at radius 2 is 2.00 bits per heavy atom. The third-order valence-corrected chi connectivity index (χ3v) is 3.65. The van der Waals surface area contributed by atoms with Gasteiger partial charge in [-0.2, -0.15) is 20.1 Å². The molecule has 1 fully saturated rings. The van der Waals surface area contributed by atoms with E-state index in [1.54, 1.807) is 17.1 Å². The van der Waals surface area contributed by atoms with E-state index in [1.807, 2.05) is 6.07 Å². The van der Waals surface area contributed by atoms with Crippen molar-refractivity contribution in [2.24, 2.45) is 0 Å². The van der Waals surface area contributed by atoms with Crippen LogP contribution in [0, 0.1) is 0 Å². The van der Waals surface area contributed by atoms with Gasteiger partial charge in [-0.1, -0.05) is 12.8 Å². The zero-order chi connectivity index (χ0) is 13.9. The second-order valence-corrected chi connectivity index (χ2v) is 5.14. The molecular weight excluding hydrogens is 254 g/mol. The zero-order valence-electron chi connectivity index (χ0n) is 11.6. The monoisotopic (exact) mass is 273 g/mol. The molecule has 2 aromatic heterocycles. The summed E-state index contributed by atoms with van der Waals surface area (Å²) in [7, 11) is 0. The fourth-order valence-electron chi connectivity index (χ4n) is 2.56. The molecule has 0 saturated carbocycles. The lowest BCUT2D eigenvalue weighted by Crippen LogP contribution is -2.34. The predicted octanol–water partition coefficient (Wildman–Crippen LogP) is 1.41. The van der Waals surface area contributed by atoms with Crippen LogP contribution in [0.1, 0.15) is 32.6 Å². The molecule has 1 unspecified atom stereocenters. The van der Waals surface area contributed by atoms with Crippen LogP contribution in [0.25, 0.3) is 5.95 Å². The summed E-state index contributed by atoms with van der Waals surface area (Å²) in [6.45, 7) is 3.17. The van der Waals surface area contributed by atoms with Gasteiger partial charge >= 0.3 is 0 Å². The van der Waals surface area contributed by atoms with Crippen molar-refractivity contribution in [1.82, 2.24) is 24.7 Å². The molecule has 0 aromatic carbocycles. The Balaban J connectivity index is 1.96. The molecule has 2 aromatic rings. The van der Waals surface area contributed by atoms with Gasteiger partial charge in [0, 0.05) is 25.0 Å². The van der Waals surface area contributed by atoms with Crippen molar-refractivity contribution in [3.05, 3.63) is 18.5 Å². The molecule has 7 nitrogen and oxygen atoms in total. The van der Waals surface area contributed by atoms with Crippen molar-refractivity contribution in [3.63, 3.8) is 0 Å². The third kappa shape index (κ3) is 2.56. The molecule has 1 atom stereocenters. The van der Waals surface area contributed by atoms with Crippen LogP contribution in [0.2, 0.25) is 0 Å². The van der Waals surface area contributed by atoms with E-state index in [4.69, 9.17) is 5.73 Å². The molecule has 106 valence electrons. The summed E-state index contributed by atoms with van der Waals surface area (Å²) in [5.41, 5.74) is 5.83. The highest BCUT2D eigenvalue weighted by Crippen LogP contribution is 2.21. The van der Waals surface area contributed by atoms with Gasteiger partial charge in [0.1, 0.15) is 0 Å². The van der Waals surface area contributed by atoms with Crippen molar-refractivity contribution >= 4 is 11.9 Å². The van der Waals surface area contributed by atoms with Gasteiger partial charge in [0.15, 0.2) is 0 Å². The molecule has 0 radical (unpaired) electrons. The fraction of sp³-hybridized carbons (Fsp3) is 0.538. The fourth-order valence-corrected chi connectivity index (χ4v) is 2.56. The van der Waals surface area contributed by atoms with Gasteiger partial charge < -0.3 is 10.6 Å². The van der Waals surface area contributed by atoms with Crippen LogP contribution in [-0.2, 0) is 0 Å². The highest BCUT2D eigenvalue weighted by molar-refractivity contribution is 5.38. The minimum Gasteiger partial charge on any atom is -0.368 e. The first-order valence-corrected chi connectivity index (χ1v) is 7.02. The van der Waals surface area contributed by atoms with Crippen LogP contribution in [-0.4, -0.2) is 37.3 Å². The largest absolute Gasteiger partial charge is 0.368 e. The summed E-state index contributed by atoms with van der Waals surface area (Å²) in [5.74, 6) is 1.35. The standard InChI is InChI=1S/C13H19N7/c1-10-6-3-2-4-8-19(10)12-16-11(14)17-13(18-12)20-9-5-7-15-20/h5,7,9-10H,2-4,6,8H2,1H3,(H2,14,16,17,18). The molecule has 0 bridgehead atoms. The Kier molecular flexibility index (Phi) is 3.49. The average Bonchev–Trinajstić information content (AvgIpc) is 2.88. The van der Waals surface area contributed by atoms with Crippen molar-refractivity contribution < 1.29 is 0 Å². The highest BCUT2D eigenvalue weighted by atomic mass is 15.4. The summed E-state index contributed by atoms with van der Waals surface area (Å²) in [5, 5.41) is 4.14. The van der Waals surface area contributed by atoms with Crippen LogP contribution in [0.5, 0.6) is 0 Å². The number of hydrogen-bond acceptors (Lipinski definition) is 6. The second kappa shape index (κ2) is 5.44. The van der Waals surface area contributed by atoms with Gasteiger partial charge in [-0.15, -0.1) is 0 Å². The average molecular weight is 273 g/mol. The smallest absolute Gasteiger partial charge is 0.257 e. The van der Waals surface area contributed by atoms with Gasteiger partial charge in [-0.05, 0) is 25.8 Å². The summed E-state index contributed by atoms with van der Waals surface area (Å²) >= 11 is 0. The van der Waals surface area contributed by atoms with Crippen LogP contribution in [0.15, 0.2) is 18.5 Å². The van der Waals surface area contributed by atoms with E-state index in [2.05, 4.69) is 31.9 Å². The number of anilines is 2. The molecule has 1 saturated heterocycles. The maximum absolute atomic E-state index is 5.83. The lowest BCUT2D eigenvalue weighted by Gasteiger charge is -2.27. The quantitative estimate of drug-likeness (QED) is 0.890. The van der Waals surface area contributed by atoms with E-state index in [0.29, 0.717) is 17.9 Å². The van der Waals surface area contributed by atoms with Crippen LogP contribution in [0.4, 0.5) is 11.9 Å². The minimum absolute atomic E-state index is 0.233. The van der Waals surface area contributed by atoms with Crippen molar-refractivity contribution in [3.8, 4) is 5.95 Å². The van der Waals surface area contributed by atoms with Crippen LogP contribution < -0.4 is 10.6 Å². The summed E-state index contributed by atoms with van der Waals surface area (Å²) in [4.78, 5) is 15.2. The first kappa shape index (κ1) is 12.8. The van der Waals surface area contributed by atoms with E-state index in [1.165, 1.54) is 12.8 Å². The summed E-state index contributed by atoms with van der Waals surface area (Å²) < 4.78 is 1.60. The molecule has 20 heavy (non-hydrogen) atoms. The maximum atomic E-state index is 5.83. The summed E-state index contributed by atoms with van der Waals surface area (Å²) in [6, 6.07) is 2.25. The lowest BCUT2D eigenvalue weighted by molar-refractivity contribution is 0.602. The number of hydrogen-bond donors (Lipinski definition) is 1. The third-order valence-electron chi connectivity index (χ3n) is 3.65. The molecule has 2 N–H and O–H groups in total. The van der Waals surface area contributed by atoms with Gasteiger partial charge in [0.05, 0.1) is 0 Å². The van der Waals surface area contributed by atoms with Crippen LogP contribution >= 0.6 is 0 Å². The Morgan fingerprint density at radius 3 is 2.80 bits per heavy atom. The number of nitrogens with two attached hydrogens (primary N) is 1. The van der Waals surface area contributed by atoms with E-state index >= 15 is 0 Å². The van der Waals surface area contributed by atoms with E-state index < -0.39 is 0 Å². The van der Waals surface area contributed by atoms with Crippen molar-refractivity contribution in [2.45, 2.75) is 38.6 Å². The highest BCUT2D eigenvalue weighted by Gasteiger charge is 2.21. The van der Waals surface area contributed by atoms with E-state index in [-0.39, 0.29) is 5.95 Å². The molecular formula is C13H19N7. The topological polar surface area (TPSA) is 85.8 Å². The van der Waals surface area contributed by atoms with Crippen LogP contribution in [0.3, 0.4) is 0 Å². The van der Waals surface area contributed by atoms with Crippen molar-refractivity contribution in [1.29, 1.82) is 0 Å². The molecule has 1 aliphatic rings. The normalized spacial score (nSPS) is 19.9. The molecule has 0 spiro atoms. The first-order chi connectivity index (χ1) is 9.74. The maximum Gasteiger partial charge on any atom is 0.257 e. The molecule has 1 aliphatic heterocycles. The predicted molar refractivity (Wildman–Crippen MR) is 76.6 cm³/mol. The molecule has 3 rings (SSSR count). The molecule has 0 amide bonds. The van der Waals surface area contributed by atoms with Gasteiger partial charge in [0.2, 0.25) is 11.9 Å². The minimum atomic E-state index is 0.233. The Morgan fingerprint density at radius 1 is 1.15 bits per heavy atom. The van der Waals surface area contributed by atoms with E-state index in [0.717, 1.165) is 19.4 Å². The SMILES string of the molecule is CC1CCCCCN1c1nc(N)nc(-n2cccn2)n1. The molecule has 7 heteroatoms. The van der Waals surface area contributed by atoms with E-state index in [9.17, 15) is 0 Å². The number of nitrogen functional groups attached to an aromatic ring is 1. The Labute approximate surface area is 117 Å². The van der Waals surface area contributed by atoms with Crippen molar-refractivity contribution in [2.75, 3.05) is 17.2 Å². The summed E-state index contributed by atoms with van der Waals surface area (Å²) in [6.07, 6.45) is 8.31. The van der Waals surface area contributed by atoms with Gasteiger partial charge in [-0.3, -0.25) is 0 Å².